The minimum absolute atomic E-state index is 0.0311. The van der Waals surface area contributed by atoms with Crippen molar-refractivity contribution in [2.45, 2.75) is 39.0 Å². The molecule has 0 aromatic carbocycles. The lowest BCUT2D eigenvalue weighted by atomic mass is 10.1. The van der Waals surface area contributed by atoms with Crippen molar-refractivity contribution in [2.75, 3.05) is 38.3 Å². The van der Waals surface area contributed by atoms with Gasteiger partial charge < -0.3 is 20.1 Å². The smallest absolute Gasteiger partial charge is 0.273 e. The molecule has 1 aliphatic rings. The van der Waals surface area contributed by atoms with Gasteiger partial charge in [0.2, 0.25) is 5.95 Å². The van der Waals surface area contributed by atoms with E-state index in [1.165, 1.54) is 11.3 Å². The molecule has 9 heteroatoms. The number of rotatable bonds is 10. The van der Waals surface area contributed by atoms with Crippen LogP contribution >= 0.6 is 11.3 Å². The lowest BCUT2D eigenvalue weighted by Crippen LogP contribution is -2.45. The molecule has 0 amide bonds. The fourth-order valence-electron chi connectivity index (χ4n) is 3.73. The summed E-state index contributed by atoms with van der Waals surface area (Å²) in [5.74, 6) is 0.586. The minimum atomic E-state index is -0.127. The Bertz CT molecular complexity index is 1140. The van der Waals surface area contributed by atoms with Gasteiger partial charge in [0, 0.05) is 36.7 Å². The van der Waals surface area contributed by atoms with Crippen molar-refractivity contribution in [1.82, 2.24) is 9.55 Å². The van der Waals surface area contributed by atoms with E-state index in [0.29, 0.717) is 48.1 Å². The summed E-state index contributed by atoms with van der Waals surface area (Å²) in [6, 6.07) is 4.14. The van der Waals surface area contributed by atoms with Crippen LogP contribution in [0.4, 0.5) is 5.95 Å². The summed E-state index contributed by atoms with van der Waals surface area (Å²) in [5, 5.41) is 9.48. The van der Waals surface area contributed by atoms with Crippen molar-refractivity contribution in [3.63, 3.8) is 0 Å². The van der Waals surface area contributed by atoms with Gasteiger partial charge in [0.1, 0.15) is 4.70 Å². The van der Waals surface area contributed by atoms with Crippen LogP contribution in [0.3, 0.4) is 0 Å². The van der Waals surface area contributed by atoms with Crippen LogP contribution in [-0.4, -0.2) is 49.0 Å². The number of thiophene rings is 1. The summed E-state index contributed by atoms with van der Waals surface area (Å²) in [4.78, 5) is 21.6. The Balaban J connectivity index is 2.08. The number of allylic oxidation sites excluding steroid dienone is 5. The molecule has 0 radical (unpaired) electrons. The van der Waals surface area contributed by atoms with Crippen molar-refractivity contribution < 1.29 is 9.47 Å². The van der Waals surface area contributed by atoms with E-state index < -0.39 is 0 Å². The first-order chi connectivity index (χ1) is 16.0. The third kappa shape index (κ3) is 6.18. The molecule has 0 spiro atoms. The van der Waals surface area contributed by atoms with E-state index in [1.54, 1.807) is 30.8 Å². The average molecular weight is 470 g/mol. The first-order valence-corrected chi connectivity index (χ1v) is 11.8. The molecule has 0 unspecified atom stereocenters. The van der Waals surface area contributed by atoms with E-state index in [2.05, 4.69) is 17.5 Å². The highest BCUT2D eigenvalue weighted by Gasteiger charge is 2.24. The molecular formula is C24H31N5O3S. The van der Waals surface area contributed by atoms with Crippen molar-refractivity contribution in [3.05, 3.63) is 57.3 Å². The maximum Gasteiger partial charge on any atom is 0.273 e. The normalized spacial score (nSPS) is 17.4. The molecule has 0 bridgehead atoms. The molecule has 1 atom stereocenters. The summed E-state index contributed by atoms with van der Waals surface area (Å²) >= 11 is 1.39. The molecule has 33 heavy (non-hydrogen) atoms. The molecule has 2 N–H and O–H groups in total. The van der Waals surface area contributed by atoms with Gasteiger partial charge in [-0.05, 0) is 31.4 Å². The molecule has 3 heterocycles. The largest absolute Gasteiger partial charge is 0.382 e. The zero-order valence-electron chi connectivity index (χ0n) is 19.2. The molecule has 0 saturated carbocycles. The molecule has 2 aromatic rings. The van der Waals surface area contributed by atoms with Gasteiger partial charge in [-0.25, -0.2) is 4.98 Å². The molecule has 1 fully saturated rings. The van der Waals surface area contributed by atoms with Gasteiger partial charge in [0.05, 0.1) is 38.0 Å². The zero-order valence-corrected chi connectivity index (χ0v) is 20.1. The Hall–Kier alpha value is -2.77. The molecule has 1 aliphatic heterocycles. The first kappa shape index (κ1) is 24.9. The zero-order chi connectivity index (χ0) is 23.8. The number of nitrogens with two attached hydrogens (primary N) is 1. The van der Waals surface area contributed by atoms with Crippen LogP contribution in [0.15, 0.2) is 46.8 Å². The van der Waals surface area contributed by atoms with Gasteiger partial charge in [-0.3, -0.25) is 9.36 Å². The maximum atomic E-state index is 13.6. The minimum Gasteiger partial charge on any atom is -0.382 e. The van der Waals surface area contributed by atoms with Gasteiger partial charge in [-0.1, -0.05) is 24.8 Å². The van der Waals surface area contributed by atoms with E-state index in [1.807, 2.05) is 12.1 Å². The standard InChI is InChI=1S/C24H31N5O3S/c1-4-5-7-18(17(2)13-25)14-29-23(30)22-21(12-20(33-22)16-32-11-10-31-3)27-24(29)28-9-6-8-19(26)15-28/h4-5,7,12,19H,1,6,8-11,14-16,26H2,2-3H3/b7-5-,18-17-/t19-/m1/s1. The van der Waals surface area contributed by atoms with Crippen LogP contribution in [0.5, 0.6) is 0 Å². The summed E-state index contributed by atoms with van der Waals surface area (Å²) in [5.41, 5.74) is 8.04. The number of piperidine rings is 1. The molecule has 8 nitrogen and oxygen atoms in total. The third-order valence-corrected chi connectivity index (χ3v) is 6.58. The maximum absolute atomic E-state index is 13.6. The Morgan fingerprint density at radius 1 is 1.48 bits per heavy atom. The fourth-order valence-corrected chi connectivity index (χ4v) is 4.71. The number of fused-ring (bicyclic) bond motifs is 1. The first-order valence-electron chi connectivity index (χ1n) is 11.0. The Morgan fingerprint density at radius 2 is 2.30 bits per heavy atom. The average Bonchev–Trinajstić information content (AvgIpc) is 3.23. The molecule has 176 valence electrons. The molecule has 0 aliphatic carbocycles. The number of hydrogen-bond donors (Lipinski definition) is 1. The second-order valence-electron chi connectivity index (χ2n) is 7.98. The SMILES string of the molecule is C=C/C=C\C(Cn1c(N2CCC[C@@H](N)C2)nc2cc(COCCOC)sc2c1=O)=C(/C)C#N. The van der Waals surface area contributed by atoms with Gasteiger partial charge in [0.15, 0.2) is 0 Å². The Labute approximate surface area is 198 Å². The lowest BCUT2D eigenvalue weighted by Gasteiger charge is -2.33. The molecule has 2 aromatic heterocycles. The summed E-state index contributed by atoms with van der Waals surface area (Å²) in [6.07, 6.45) is 7.12. The number of nitriles is 1. The van der Waals surface area contributed by atoms with Crippen molar-refractivity contribution in [2.24, 2.45) is 5.73 Å². The second kappa shape index (κ2) is 11.9. The number of hydrogen-bond acceptors (Lipinski definition) is 8. The monoisotopic (exact) mass is 469 g/mol. The Kier molecular flexibility index (Phi) is 8.97. The van der Waals surface area contributed by atoms with Crippen LogP contribution < -0.4 is 16.2 Å². The Morgan fingerprint density at radius 3 is 3.00 bits per heavy atom. The number of aromatic nitrogens is 2. The topological polar surface area (TPSA) is 106 Å². The third-order valence-electron chi connectivity index (χ3n) is 5.49. The fraction of sp³-hybridized carbons (Fsp3) is 0.458. The van der Waals surface area contributed by atoms with Gasteiger partial charge in [-0.2, -0.15) is 5.26 Å². The summed E-state index contributed by atoms with van der Waals surface area (Å²) < 4.78 is 12.9. The van der Waals surface area contributed by atoms with E-state index >= 15 is 0 Å². The summed E-state index contributed by atoms with van der Waals surface area (Å²) in [7, 11) is 1.63. The second-order valence-corrected chi connectivity index (χ2v) is 9.12. The summed E-state index contributed by atoms with van der Waals surface area (Å²) in [6.45, 7) is 8.50. The highest BCUT2D eigenvalue weighted by Crippen LogP contribution is 2.26. The highest BCUT2D eigenvalue weighted by molar-refractivity contribution is 7.18. The van der Waals surface area contributed by atoms with Crippen molar-refractivity contribution in [3.8, 4) is 6.07 Å². The van der Waals surface area contributed by atoms with Crippen LogP contribution in [-0.2, 0) is 22.6 Å². The van der Waals surface area contributed by atoms with Crippen LogP contribution in [0.25, 0.3) is 10.2 Å². The highest BCUT2D eigenvalue weighted by atomic mass is 32.1. The predicted octanol–water partition coefficient (Wildman–Crippen LogP) is 3.13. The van der Waals surface area contributed by atoms with E-state index in [0.717, 1.165) is 29.8 Å². The van der Waals surface area contributed by atoms with E-state index in [4.69, 9.17) is 20.2 Å². The quantitative estimate of drug-likeness (QED) is 0.324. The van der Waals surface area contributed by atoms with E-state index in [9.17, 15) is 10.1 Å². The molecule has 3 rings (SSSR count). The molecule has 1 saturated heterocycles. The van der Waals surface area contributed by atoms with Crippen molar-refractivity contribution >= 4 is 27.5 Å². The van der Waals surface area contributed by atoms with Crippen LogP contribution in [0.2, 0.25) is 0 Å². The van der Waals surface area contributed by atoms with Crippen LogP contribution in [0.1, 0.15) is 24.6 Å². The lowest BCUT2D eigenvalue weighted by molar-refractivity contribution is 0.0629. The van der Waals surface area contributed by atoms with E-state index in [-0.39, 0.29) is 18.1 Å². The van der Waals surface area contributed by atoms with Crippen LogP contribution in [0, 0.1) is 11.3 Å². The van der Waals surface area contributed by atoms with Gasteiger partial charge in [-0.15, -0.1) is 11.3 Å². The predicted molar refractivity (Wildman–Crippen MR) is 132 cm³/mol. The van der Waals surface area contributed by atoms with Gasteiger partial charge >= 0.3 is 0 Å². The van der Waals surface area contributed by atoms with Gasteiger partial charge in [0.25, 0.3) is 5.56 Å². The number of ether oxygens (including phenoxy) is 2. The number of nitrogens with zero attached hydrogens (tertiary/aromatic N) is 4. The van der Waals surface area contributed by atoms with Crippen molar-refractivity contribution in [1.29, 1.82) is 5.26 Å². The number of methoxy groups -OCH3 is 1. The number of anilines is 1. The molecular weight excluding hydrogens is 438 g/mol.